The van der Waals surface area contributed by atoms with Crippen LogP contribution < -0.4 is 5.56 Å². The molecule has 22 heavy (non-hydrogen) atoms. The minimum atomic E-state index is -0.0423. The fourth-order valence-electron chi connectivity index (χ4n) is 2.35. The molecule has 0 spiro atoms. The van der Waals surface area contributed by atoms with E-state index in [-0.39, 0.29) is 5.56 Å². The zero-order valence-corrected chi connectivity index (χ0v) is 14.5. The summed E-state index contributed by atoms with van der Waals surface area (Å²) in [5.74, 6) is 1.32. The van der Waals surface area contributed by atoms with Crippen LogP contribution in [0.1, 0.15) is 29.6 Å². The Kier molecular flexibility index (Phi) is 4.35. The largest absolute Gasteiger partial charge is 0.326 e. The molecule has 0 aromatic carbocycles. The third kappa shape index (κ3) is 2.83. The molecule has 116 valence electrons. The summed E-state index contributed by atoms with van der Waals surface area (Å²) in [7, 11) is 0. The van der Waals surface area contributed by atoms with Gasteiger partial charge in [0.15, 0.2) is 5.16 Å². The van der Waals surface area contributed by atoms with Crippen LogP contribution in [0.3, 0.4) is 0 Å². The molecule has 0 saturated heterocycles. The maximum atomic E-state index is 12.2. The second-order valence-electron chi connectivity index (χ2n) is 5.17. The van der Waals surface area contributed by atoms with Crippen molar-refractivity contribution in [3.63, 3.8) is 0 Å². The average molecular weight is 334 g/mol. The summed E-state index contributed by atoms with van der Waals surface area (Å²) < 4.78 is 2.13. The van der Waals surface area contributed by atoms with Crippen LogP contribution in [0.4, 0.5) is 0 Å². The van der Waals surface area contributed by atoms with Crippen molar-refractivity contribution in [3.8, 4) is 0 Å². The summed E-state index contributed by atoms with van der Waals surface area (Å²) in [6.45, 7) is 7.09. The number of fused-ring (bicyclic) bond motifs is 1. The number of aryl methyl sites for hydroxylation is 3. The van der Waals surface area contributed by atoms with Crippen LogP contribution in [0, 0.1) is 13.8 Å². The molecule has 0 fully saturated rings. The Morgan fingerprint density at radius 1 is 1.41 bits per heavy atom. The Morgan fingerprint density at radius 2 is 2.23 bits per heavy atom. The van der Waals surface area contributed by atoms with E-state index in [0.717, 1.165) is 38.8 Å². The molecule has 3 heterocycles. The zero-order chi connectivity index (χ0) is 15.7. The van der Waals surface area contributed by atoms with Gasteiger partial charge in [0.05, 0.1) is 11.1 Å². The minimum Gasteiger partial charge on any atom is -0.326 e. The average Bonchev–Trinajstić information content (AvgIpc) is 3.03. The van der Waals surface area contributed by atoms with Gasteiger partial charge in [0.1, 0.15) is 10.7 Å². The molecule has 0 amide bonds. The van der Waals surface area contributed by atoms with Crippen molar-refractivity contribution in [2.45, 2.75) is 44.6 Å². The Morgan fingerprint density at radius 3 is 3.00 bits per heavy atom. The molecular weight excluding hydrogens is 316 g/mol. The number of nitrogens with one attached hydrogen (secondary N) is 1. The highest BCUT2D eigenvalue weighted by Crippen LogP contribution is 2.27. The molecule has 3 rings (SSSR count). The molecule has 0 saturated carbocycles. The number of nitrogens with zero attached hydrogens (tertiary/aromatic N) is 3. The molecule has 0 aliphatic carbocycles. The molecule has 3 aromatic rings. The smallest absolute Gasteiger partial charge is 0.259 e. The highest BCUT2D eigenvalue weighted by Gasteiger charge is 2.12. The number of hydrogen-bond acceptors (Lipinski definition) is 5. The van der Waals surface area contributed by atoms with Gasteiger partial charge in [-0.05, 0) is 25.8 Å². The van der Waals surface area contributed by atoms with Gasteiger partial charge in [0, 0.05) is 23.8 Å². The molecule has 0 radical (unpaired) electrons. The molecule has 0 atom stereocenters. The first-order valence-electron chi connectivity index (χ1n) is 7.23. The van der Waals surface area contributed by atoms with Gasteiger partial charge >= 0.3 is 0 Å². The molecular formula is C15H18N4OS2. The Labute approximate surface area is 136 Å². The van der Waals surface area contributed by atoms with E-state index in [9.17, 15) is 4.79 Å². The number of rotatable bonds is 5. The van der Waals surface area contributed by atoms with Gasteiger partial charge in [-0.1, -0.05) is 18.7 Å². The first-order valence-corrected chi connectivity index (χ1v) is 9.03. The summed E-state index contributed by atoms with van der Waals surface area (Å²) in [6, 6.07) is 0. The number of aromatic amines is 1. The lowest BCUT2D eigenvalue weighted by Crippen LogP contribution is -2.11. The van der Waals surface area contributed by atoms with Crippen LogP contribution in [-0.4, -0.2) is 19.5 Å². The second kappa shape index (κ2) is 6.26. The summed E-state index contributed by atoms with van der Waals surface area (Å²) in [4.78, 5) is 26.1. The summed E-state index contributed by atoms with van der Waals surface area (Å²) in [5, 5.41) is 1.69. The zero-order valence-electron chi connectivity index (χ0n) is 12.8. The highest BCUT2D eigenvalue weighted by atomic mass is 32.2. The van der Waals surface area contributed by atoms with E-state index in [4.69, 9.17) is 0 Å². The van der Waals surface area contributed by atoms with Crippen LogP contribution in [0.2, 0.25) is 0 Å². The molecule has 5 nitrogen and oxygen atoms in total. The lowest BCUT2D eigenvalue weighted by molar-refractivity contribution is 0.620. The lowest BCUT2D eigenvalue weighted by Gasteiger charge is -2.05. The molecule has 3 aromatic heterocycles. The van der Waals surface area contributed by atoms with Gasteiger partial charge in [-0.3, -0.25) is 4.79 Å². The standard InChI is InChI=1S/C15H18N4OS2/c1-4-6-19-7-5-16-15(19)21-8-11-17-13(20)12-9(2)10(3)22-14(12)18-11/h5,7H,4,6,8H2,1-3H3,(H,17,18,20). The van der Waals surface area contributed by atoms with E-state index >= 15 is 0 Å². The Bertz CT molecular complexity index is 862. The number of aromatic nitrogens is 4. The molecule has 0 aliphatic heterocycles. The Hall–Kier alpha value is -1.60. The van der Waals surface area contributed by atoms with Crippen molar-refractivity contribution in [1.29, 1.82) is 0 Å². The molecule has 0 bridgehead atoms. The van der Waals surface area contributed by atoms with Gasteiger partial charge in [-0.15, -0.1) is 11.3 Å². The topological polar surface area (TPSA) is 63.6 Å². The van der Waals surface area contributed by atoms with E-state index in [1.807, 2.05) is 26.2 Å². The van der Waals surface area contributed by atoms with Crippen LogP contribution in [-0.2, 0) is 12.3 Å². The van der Waals surface area contributed by atoms with Crippen molar-refractivity contribution in [2.75, 3.05) is 0 Å². The van der Waals surface area contributed by atoms with E-state index in [0.29, 0.717) is 11.6 Å². The quantitative estimate of drug-likeness (QED) is 0.725. The summed E-state index contributed by atoms with van der Waals surface area (Å²) >= 11 is 3.18. The molecule has 1 N–H and O–H groups in total. The van der Waals surface area contributed by atoms with Crippen molar-refractivity contribution in [2.24, 2.45) is 0 Å². The van der Waals surface area contributed by atoms with Crippen LogP contribution in [0.5, 0.6) is 0 Å². The fourth-order valence-corrected chi connectivity index (χ4v) is 4.25. The maximum absolute atomic E-state index is 12.2. The number of hydrogen-bond donors (Lipinski definition) is 1. The van der Waals surface area contributed by atoms with Gasteiger partial charge in [0.2, 0.25) is 0 Å². The highest BCUT2D eigenvalue weighted by molar-refractivity contribution is 7.98. The van der Waals surface area contributed by atoms with Crippen LogP contribution in [0.25, 0.3) is 10.2 Å². The fraction of sp³-hybridized carbons (Fsp3) is 0.400. The number of imidazole rings is 1. The third-order valence-electron chi connectivity index (χ3n) is 3.57. The van der Waals surface area contributed by atoms with Crippen molar-refractivity contribution in [1.82, 2.24) is 19.5 Å². The minimum absolute atomic E-state index is 0.0423. The second-order valence-corrected chi connectivity index (χ2v) is 7.31. The molecule has 0 aliphatic rings. The summed E-state index contributed by atoms with van der Waals surface area (Å²) in [5.41, 5.74) is 0.991. The number of thioether (sulfide) groups is 1. The lowest BCUT2D eigenvalue weighted by atomic mass is 10.2. The predicted octanol–water partition coefficient (Wildman–Crippen LogP) is 3.50. The Balaban J connectivity index is 1.85. The maximum Gasteiger partial charge on any atom is 0.259 e. The monoisotopic (exact) mass is 334 g/mol. The van der Waals surface area contributed by atoms with Gasteiger partial charge in [-0.25, -0.2) is 9.97 Å². The van der Waals surface area contributed by atoms with Gasteiger partial charge < -0.3 is 9.55 Å². The first kappa shape index (κ1) is 15.3. The first-order chi connectivity index (χ1) is 10.6. The van der Waals surface area contributed by atoms with E-state index in [1.165, 1.54) is 0 Å². The molecule has 0 unspecified atom stereocenters. The van der Waals surface area contributed by atoms with Gasteiger partial charge in [0.25, 0.3) is 5.56 Å². The van der Waals surface area contributed by atoms with Crippen molar-refractivity contribution < 1.29 is 0 Å². The number of thiophene rings is 1. The number of H-pyrrole nitrogens is 1. The predicted molar refractivity (Wildman–Crippen MR) is 91.8 cm³/mol. The van der Waals surface area contributed by atoms with Crippen LogP contribution >= 0.6 is 23.1 Å². The molecule has 7 heteroatoms. The SMILES string of the molecule is CCCn1ccnc1SCc1nc2sc(C)c(C)c2c(=O)[nH]1. The van der Waals surface area contributed by atoms with Gasteiger partial charge in [-0.2, -0.15) is 0 Å². The third-order valence-corrected chi connectivity index (χ3v) is 5.68. The van der Waals surface area contributed by atoms with E-state index in [2.05, 4.69) is 26.4 Å². The van der Waals surface area contributed by atoms with E-state index in [1.54, 1.807) is 23.1 Å². The van der Waals surface area contributed by atoms with E-state index < -0.39 is 0 Å². The normalized spacial score (nSPS) is 11.4. The van der Waals surface area contributed by atoms with Crippen molar-refractivity contribution in [3.05, 3.63) is 39.0 Å². The summed E-state index contributed by atoms with van der Waals surface area (Å²) in [6.07, 6.45) is 4.86. The van der Waals surface area contributed by atoms with Crippen molar-refractivity contribution >= 4 is 33.3 Å². The van der Waals surface area contributed by atoms with Crippen LogP contribution in [0.15, 0.2) is 22.3 Å².